The Bertz CT molecular complexity index is 886. The van der Waals surface area contributed by atoms with Crippen molar-refractivity contribution >= 4 is 28.3 Å². The highest BCUT2D eigenvalue weighted by Gasteiger charge is 2.24. The molecule has 3 aromatic rings. The molecule has 5 nitrogen and oxygen atoms in total. The second-order valence-electron chi connectivity index (χ2n) is 5.17. The first kappa shape index (κ1) is 12.4. The molecular formula is C15H13N3O2S. The number of carbonyl (C=O) groups excluding carboxylic acids is 1. The topological polar surface area (TPSA) is 66.9 Å². The normalized spacial score (nSPS) is 14.5. The molecule has 0 aliphatic heterocycles. The number of rotatable bonds is 3. The zero-order valence-corrected chi connectivity index (χ0v) is 11.9. The number of nitrogens with one attached hydrogen (secondary N) is 2. The van der Waals surface area contributed by atoms with Crippen LogP contribution in [0.4, 0.5) is 0 Å². The molecule has 0 unspecified atom stereocenters. The van der Waals surface area contributed by atoms with E-state index in [1.165, 1.54) is 11.3 Å². The summed E-state index contributed by atoms with van der Waals surface area (Å²) in [6, 6.07) is 11.4. The van der Waals surface area contributed by atoms with Crippen LogP contribution >= 0.6 is 11.3 Å². The number of H-pyrrole nitrogens is 1. The van der Waals surface area contributed by atoms with E-state index in [9.17, 15) is 9.59 Å². The molecule has 2 heterocycles. The van der Waals surface area contributed by atoms with Crippen LogP contribution in [0.1, 0.15) is 22.5 Å². The van der Waals surface area contributed by atoms with Crippen molar-refractivity contribution in [1.29, 1.82) is 0 Å². The van der Waals surface area contributed by atoms with Gasteiger partial charge in [-0.25, -0.2) is 4.79 Å². The largest absolute Gasteiger partial charge is 0.349 e. The first-order valence-corrected chi connectivity index (χ1v) is 7.65. The lowest BCUT2D eigenvalue weighted by molar-refractivity contribution is 0.0955. The standard InChI is InChI=1S/C15H13N3O2S/c19-14(16-9-5-6-9)12-7-8-13(21-12)18-11-4-2-1-3-10(11)17-15(18)20/h1-4,7-9H,5-6H2,(H,16,19)(H,17,20). The van der Waals surface area contributed by atoms with E-state index in [2.05, 4.69) is 10.3 Å². The van der Waals surface area contributed by atoms with E-state index < -0.39 is 0 Å². The van der Waals surface area contributed by atoms with Gasteiger partial charge in [-0.1, -0.05) is 12.1 Å². The maximum atomic E-state index is 12.1. The van der Waals surface area contributed by atoms with Crippen LogP contribution in [0.5, 0.6) is 0 Å². The van der Waals surface area contributed by atoms with E-state index in [-0.39, 0.29) is 11.6 Å². The number of benzene rings is 1. The van der Waals surface area contributed by atoms with Gasteiger partial charge in [-0.2, -0.15) is 0 Å². The minimum atomic E-state index is -0.188. The van der Waals surface area contributed by atoms with Gasteiger partial charge in [-0.15, -0.1) is 11.3 Å². The van der Waals surface area contributed by atoms with Crippen molar-refractivity contribution in [3.63, 3.8) is 0 Å². The highest BCUT2D eigenvalue weighted by atomic mass is 32.1. The fraction of sp³-hybridized carbons (Fsp3) is 0.200. The van der Waals surface area contributed by atoms with E-state index >= 15 is 0 Å². The van der Waals surface area contributed by atoms with Crippen molar-refractivity contribution < 1.29 is 4.79 Å². The Morgan fingerprint density at radius 1 is 1.24 bits per heavy atom. The van der Waals surface area contributed by atoms with Crippen LogP contribution in [0.25, 0.3) is 16.0 Å². The molecule has 4 rings (SSSR count). The Labute approximate surface area is 124 Å². The number of thiophene rings is 1. The predicted molar refractivity (Wildman–Crippen MR) is 82.3 cm³/mol. The Balaban J connectivity index is 1.75. The van der Waals surface area contributed by atoms with Gasteiger partial charge in [0.2, 0.25) is 0 Å². The molecule has 1 aliphatic carbocycles. The van der Waals surface area contributed by atoms with E-state index in [0.29, 0.717) is 10.9 Å². The van der Waals surface area contributed by atoms with Crippen molar-refractivity contribution in [2.75, 3.05) is 0 Å². The van der Waals surface area contributed by atoms with Crippen molar-refractivity contribution in [1.82, 2.24) is 14.9 Å². The molecule has 0 radical (unpaired) electrons. The van der Waals surface area contributed by atoms with Crippen molar-refractivity contribution in [3.8, 4) is 5.00 Å². The molecule has 1 fully saturated rings. The maximum Gasteiger partial charge on any atom is 0.331 e. The predicted octanol–water partition coefficient (Wildman–Crippen LogP) is 2.27. The molecule has 0 atom stereocenters. The fourth-order valence-electron chi connectivity index (χ4n) is 2.33. The molecule has 1 aromatic carbocycles. The SMILES string of the molecule is O=C(NC1CC1)c1ccc(-n2c(=O)[nH]c3ccccc32)s1. The summed E-state index contributed by atoms with van der Waals surface area (Å²) in [5.41, 5.74) is 1.42. The van der Waals surface area contributed by atoms with Crippen LogP contribution < -0.4 is 11.0 Å². The Morgan fingerprint density at radius 2 is 2.05 bits per heavy atom. The third-order valence-electron chi connectivity index (χ3n) is 3.54. The van der Waals surface area contributed by atoms with Crippen LogP contribution in [0.3, 0.4) is 0 Å². The lowest BCUT2D eigenvalue weighted by Gasteiger charge is -2.00. The number of amides is 1. The maximum absolute atomic E-state index is 12.1. The fourth-order valence-corrected chi connectivity index (χ4v) is 3.25. The summed E-state index contributed by atoms with van der Waals surface area (Å²) in [5, 5.41) is 3.71. The summed E-state index contributed by atoms with van der Waals surface area (Å²) < 4.78 is 1.61. The Morgan fingerprint density at radius 3 is 2.86 bits per heavy atom. The quantitative estimate of drug-likeness (QED) is 0.779. The number of hydrogen-bond acceptors (Lipinski definition) is 3. The minimum Gasteiger partial charge on any atom is -0.349 e. The smallest absolute Gasteiger partial charge is 0.331 e. The van der Waals surface area contributed by atoms with Gasteiger partial charge in [0.1, 0.15) is 5.00 Å². The monoisotopic (exact) mass is 299 g/mol. The van der Waals surface area contributed by atoms with Gasteiger partial charge >= 0.3 is 5.69 Å². The molecule has 1 amide bonds. The number of aromatic amines is 1. The van der Waals surface area contributed by atoms with Gasteiger partial charge in [0.15, 0.2) is 0 Å². The van der Waals surface area contributed by atoms with Crippen molar-refractivity contribution in [3.05, 3.63) is 51.8 Å². The molecule has 1 saturated carbocycles. The highest BCUT2D eigenvalue weighted by molar-refractivity contribution is 7.16. The third kappa shape index (κ3) is 2.17. The highest BCUT2D eigenvalue weighted by Crippen LogP contribution is 2.25. The lowest BCUT2D eigenvalue weighted by Crippen LogP contribution is -2.24. The molecule has 21 heavy (non-hydrogen) atoms. The molecule has 2 aromatic heterocycles. The molecule has 0 spiro atoms. The van der Waals surface area contributed by atoms with Crippen LogP contribution in [0.2, 0.25) is 0 Å². The van der Waals surface area contributed by atoms with Crippen molar-refractivity contribution in [2.24, 2.45) is 0 Å². The number of imidazole rings is 1. The van der Waals surface area contributed by atoms with Gasteiger partial charge in [-0.3, -0.25) is 9.36 Å². The zero-order chi connectivity index (χ0) is 14.4. The van der Waals surface area contributed by atoms with Crippen LogP contribution in [0.15, 0.2) is 41.2 Å². The second-order valence-corrected chi connectivity index (χ2v) is 6.23. The number of nitrogens with zero attached hydrogens (tertiary/aromatic N) is 1. The van der Waals surface area contributed by atoms with Crippen molar-refractivity contribution in [2.45, 2.75) is 18.9 Å². The van der Waals surface area contributed by atoms with Gasteiger partial charge in [-0.05, 0) is 37.1 Å². The summed E-state index contributed by atoms with van der Waals surface area (Å²) in [4.78, 5) is 27.6. The zero-order valence-electron chi connectivity index (χ0n) is 11.1. The first-order chi connectivity index (χ1) is 10.2. The summed E-state index contributed by atoms with van der Waals surface area (Å²) in [5.74, 6) is -0.0540. The molecular weight excluding hydrogens is 286 g/mol. The number of hydrogen-bond donors (Lipinski definition) is 2. The average Bonchev–Trinajstić information content (AvgIpc) is 3.03. The van der Waals surface area contributed by atoms with E-state index in [0.717, 1.165) is 28.9 Å². The van der Waals surface area contributed by atoms with E-state index in [1.54, 1.807) is 10.6 Å². The van der Waals surface area contributed by atoms with E-state index in [4.69, 9.17) is 0 Å². The summed E-state index contributed by atoms with van der Waals surface area (Å²) in [6.45, 7) is 0. The minimum absolute atomic E-state index is 0.0540. The van der Waals surface area contributed by atoms with E-state index in [1.807, 2.05) is 30.3 Å². The molecule has 106 valence electrons. The lowest BCUT2D eigenvalue weighted by atomic mass is 10.3. The molecule has 6 heteroatoms. The van der Waals surface area contributed by atoms with Gasteiger partial charge < -0.3 is 10.3 Å². The summed E-state index contributed by atoms with van der Waals surface area (Å²) in [7, 11) is 0. The molecule has 1 aliphatic rings. The average molecular weight is 299 g/mol. The first-order valence-electron chi connectivity index (χ1n) is 6.83. The Kier molecular flexibility index (Phi) is 2.71. The third-order valence-corrected chi connectivity index (χ3v) is 4.61. The Hall–Kier alpha value is -2.34. The molecule has 0 saturated heterocycles. The number of carbonyl (C=O) groups is 1. The summed E-state index contributed by atoms with van der Waals surface area (Å²) in [6.07, 6.45) is 2.12. The van der Waals surface area contributed by atoms with Crippen LogP contribution in [-0.4, -0.2) is 21.5 Å². The van der Waals surface area contributed by atoms with Gasteiger partial charge in [0, 0.05) is 6.04 Å². The summed E-state index contributed by atoms with van der Waals surface area (Å²) >= 11 is 1.33. The number of para-hydroxylation sites is 2. The second kappa shape index (κ2) is 4.60. The van der Waals surface area contributed by atoms with Gasteiger partial charge in [0.05, 0.1) is 15.9 Å². The molecule has 2 N–H and O–H groups in total. The van der Waals surface area contributed by atoms with Gasteiger partial charge in [0.25, 0.3) is 5.91 Å². The van der Waals surface area contributed by atoms with Crippen LogP contribution in [0, 0.1) is 0 Å². The number of fused-ring (bicyclic) bond motifs is 1. The molecule has 0 bridgehead atoms. The number of aromatic nitrogens is 2. The van der Waals surface area contributed by atoms with Crippen LogP contribution in [-0.2, 0) is 0 Å².